The SMILES string of the molecule is OCCN(CCO)CCSc1ccnc2cc(Cl)ccc12. The van der Waals surface area contributed by atoms with Crippen molar-refractivity contribution in [1.29, 1.82) is 0 Å². The van der Waals surface area contributed by atoms with E-state index in [1.54, 1.807) is 18.0 Å². The molecule has 2 rings (SSSR count). The van der Waals surface area contributed by atoms with E-state index in [4.69, 9.17) is 21.8 Å². The lowest BCUT2D eigenvalue weighted by Gasteiger charge is -2.19. The fourth-order valence-electron chi connectivity index (χ4n) is 2.12. The van der Waals surface area contributed by atoms with Crippen LogP contribution in [-0.2, 0) is 0 Å². The van der Waals surface area contributed by atoms with Gasteiger partial charge in [0.05, 0.1) is 18.7 Å². The molecule has 1 aromatic carbocycles. The zero-order valence-corrected chi connectivity index (χ0v) is 13.3. The molecule has 21 heavy (non-hydrogen) atoms. The summed E-state index contributed by atoms with van der Waals surface area (Å²) >= 11 is 7.73. The Morgan fingerprint density at radius 1 is 1.10 bits per heavy atom. The quantitative estimate of drug-likeness (QED) is 0.729. The fraction of sp³-hybridized carbons (Fsp3) is 0.400. The van der Waals surface area contributed by atoms with Gasteiger partial charge in [0, 0.05) is 46.9 Å². The van der Waals surface area contributed by atoms with Gasteiger partial charge in [0.25, 0.3) is 0 Å². The van der Waals surface area contributed by atoms with Crippen molar-refractivity contribution in [2.24, 2.45) is 0 Å². The molecule has 0 spiro atoms. The number of aromatic nitrogens is 1. The zero-order valence-electron chi connectivity index (χ0n) is 11.7. The molecule has 0 aliphatic rings. The maximum absolute atomic E-state index is 9.00. The molecule has 0 fully saturated rings. The highest BCUT2D eigenvalue weighted by Gasteiger charge is 2.06. The van der Waals surface area contributed by atoms with Crippen LogP contribution >= 0.6 is 23.4 Å². The van der Waals surface area contributed by atoms with E-state index in [9.17, 15) is 0 Å². The van der Waals surface area contributed by atoms with Crippen molar-refractivity contribution < 1.29 is 10.2 Å². The van der Waals surface area contributed by atoms with Crippen LogP contribution in [0.1, 0.15) is 0 Å². The van der Waals surface area contributed by atoms with E-state index in [2.05, 4.69) is 4.98 Å². The number of aliphatic hydroxyl groups is 2. The first-order valence-electron chi connectivity index (χ1n) is 6.85. The van der Waals surface area contributed by atoms with Crippen LogP contribution in [0.3, 0.4) is 0 Å². The van der Waals surface area contributed by atoms with Crippen LogP contribution in [0.5, 0.6) is 0 Å². The summed E-state index contributed by atoms with van der Waals surface area (Å²) in [6.07, 6.45) is 1.79. The number of nitrogens with zero attached hydrogens (tertiary/aromatic N) is 2. The zero-order chi connectivity index (χ0) is 15.1. The van der Waals surface area contributed by atoms with Gasteiger partial charge in [-0.15, -0.1) is 11.8 Å². The summed E-state index contributed by atoms with van der Waals surface area (Å²) in [5.74, 6) is 0.891. The number of hydrogen-bond acceptors (Lipinski definition) is 5. The van der Waals surface area contributed by atoms with Gasteiger partial charge in [0.15, 0.2) is 0 Å². The molecular formula is C15H19ClN2O2S. The first-order chi connectivity index (χ1) is 10.2. The minimum atomic E-state index is 0.112. The summed E-state index contributed by atoms with van der Waals surface area (Å²) < 4.78 is 0. The van der Waals surface area contributed by atoms with Crippen molar-refractivity contribution in [3.05, 3.63) is 35.5 Å². The number of aliphatic hydroxyl groups excluding tert-OH is 2. The van der Waals surface area contributed by atoms with Gasteiger partial charge in [-0.25, -0.2) is 0 Å². The molecule has 0 radical (unpaired) electrons. The van der Waals surface area contributed by atoms with Crippen LogP contribution in [0.15, 0.2) is 35.4 Å². The van der Waals surface area contributed by atoms with Crippen LogP contribution < -0.4 is 0 Å². The van der Waals surface area contributed by atoms with Gasteiger partial charge < -0.3 is 10.2 Å². The van der Waals surface area contributed by atoms with Gasteiger partial charge in [-0.2, -0.15) is 0 Å². The fourth-order valence-corrected chi connectivity index (χ4v) is 3.34. The van der Waals surface area contributed by atoms with Crippen molar-refractivity contribution in [2.45, 2.75) is 4.90 Å². The van der Waals surface area contributed by atoms with E-state index in [-0.39, 0.29) is 13.2 Å². The number of pyridine rings is 1. The van der Waals surface area contributed by atoms with Crippen LogP contribution in [-0.4, -0.2) is 58.7 Å². The summed E-state index contributed by atoms with van der Waals surface area (Å²) in [7, 11) is 0. The van der Waals surface area contributed by atoms with Crippen LogP contribution in [0.2, 0.25) is 5.02 Å². The Balaban J connectivity index is 2.00. The van der Waals surface area contributed by atoms with Crippen molar-refractivity contribution >= 4 is 34.3 Å². The largest absolute Gasteiger partial charge is 0.395 e. The Kier molecular flexibility index (Phi) is 6.73. The molecule has 1 aromatic heterocycles. The number of hydrogen-bond donors (Lipinski definition) is 2. The van der Waals surface area contributed by atoms with Gasteiger partial charge in [-0.05, 0) is 18.2 Å². The summed E-state index contributed by atoms with van der Waals surface area (Å²) in [5, 5.41) is 19.8. The Bertz CT molecular complexity index is 577. The lowest BCUT2D eigenvalue weighted by atomic mass is 10.2. The average molecular weight is 327 g/mol. The van der Waals surface area contributed by atoms with E-state index < -0.39 is 0 Å². The molecule has 6 heteroatoms. The maximum atomic E-state index is 9.00. The molecule has 2 N–H and O–H groups in total. The Morgan fingerprint density at radius 2 is 1.86 bits per heavy atom. The summed E-state index contributed by atoms with van der Waals surface area (Å²) in [5.41, 5.74) is 0.898. The maximum Gasteiger partial charge on any atom is 0.0728 e. The number of benzene rings is 1. The van der Waals surface area contributed by atoms with Crippen molar-refractivity contribution in [1.82, 2.24) is 9.88 Å². The Labute approximate surface area is 133 Å². The van der Waals surface area contributed by atoms with Gasteiger partial charge in [0.1, 0.15) is 0 Å². The monoisotopic (exact) mass is 326 g/mol. The molecular weight excluding hydrogens is 308 g/mol. The minimum absolute atomic E-state index is 0.112. The van der Waals surface area contributed by atoms with Crippen molar-refractivity contribution in [2.75, 3.05) is 38.6 Å². The first-order valence-corrected chi connectivity index (χ1v) is 8.22. The van der Waals surface area contributed by atoms with Gasteiger partial charge in [0.2, 0.25) is 0 Å². The molecule has 0 unspecified atom stereocenters. The number of halogens is 1. The second kappa shape index (κ2) is 8.56. The van der Waals surface area contributed by atoms with Gasteiger partial charge in [-0.1, -0.05) is 17.7 Å². The number of fused-ring (bicyclic) bond motifs is 1. The van der Waals surface area contributed by atoms with Crippen molar-refractivity contribution in [3.8, 4) is 0 Å². The summed E-state index contributed by atoms with van der Waals surface area (Å²) in [6.45, 7) is 2.23. The van der Waals surface area contributed by atoms with Gasteiger partial charge in [-0.3, -0.25) is 9.88 Å². The molecule has 0 saturated carbocycles. The lowest BCUT2D eigenvalue weighted by Crippen LogP contribution is -2.31. The molecule has 0 aliphatic carbocycles. The molecule has 0 aliphatic heterocycles. The summed E-state index contributed by atoms with van der Waals surface area (Å²) in [6, 6.07) is 7.74. The smallest absolute Gasteiger partial charge is 0.0728 e. The molecule has 1 heterocycles. The average Bonchev–Trinajstić information content (AvgIpc) is 2.47. The Morgan fingerprint density at radius 3 is 2.57 bits per heavy atom. The third-order valence-electron chi connectivity index (χ3n) is 3.16. The predicted octanol–water partition coefficient (Wildman–Crippen LogP) is 2.27. The summed E-state index contributed by atoms with van der Waals surface area (Å²) in [4.78, 5) is 7.55. The van der Waals surface area contributed by atoms with E-state index in [0.717, 1.165) is 23.2 Å². The topological polar surface area (TPSA) is 56.6 Å². The van der Waals surface area contributed by atoms with Crippen molar-refractivity contribution in [3.63, 3.8) is 0 Å². The first kappa shape index (κ1) is 16.5. The highest BCUT2D eigenvalue weighted by Crippen LogP contribution is 2.28. The molecule has 0 saturated heterocycles. The minimum Gasteiger partial charge on any atom is -0.395 e. The molecule has 0 atom stereocenters. The standard InChI is InChI=1S/C15H19ClN2O2S/c16-12-1-2-13-14(11-12)17-4-3-15(13)21-10-7-18(5-8-19)6-9-20/h1-4,11,19-20H,5-10H2. The highest BCUT2D eigenvalue weighted by molar-refractivity contribution is 7.99. The predicted molar refractivity (Wildman–Crippen MR) is 88.1 cm³/mol. The van der Waals surface area contributed by atoms with E-state index >= 15 is 0 Å². The van der Waals surface area contributed by atoms with Crippen LogP contribution in [0, 0.1) is 0 Å². The lowest BCUT2D eigenvalue weighted by molar-refractivity contribution is 0.167. The third kappa shape index (κ3) is 4.83. The number of thioether (sulfide) groups is 1. The molecule has 0 bridgehead atoms. The highest BCUT2D eigenvalue weighted by atomic mass is 35.5. The molecule has 114 valence electrons. The van der Waals surface area contributed by atoms with E-state index in [1.807, 2.05) is 29.2 Å². The molecule has 0 amide bonds. The van der Waals surface area contributed by atoms with Gasteiger partial charge >= 0.3 is 0 Å². The third-order valence-corrected chi connectivity index (χ3v) is 4.45. The van der Waals surface area contributed by atoms with E-state index in [0.29, 0.717) is 18.1 Å². The van der Waals surface area contributed by atoms with Crippen LogP contribution in [0.25, 0.3) is 10.9 Å². The Hall–Kier alpha value is -0.850. The normalized spacial score (nSPS) is 11.4. The number of rotatable bonds is 8. The molecule has 2 aromatic rings. The second-order valence-corrected chi connectivity index (χ2v) is 6.18. The molecule has 4 nitrogen and oxygen atoms in total. The van der Waals surface area contributed by atoms with E-state index in [1.165, 1.54) is 4.90 Å². The second-order valence-electron chi connectivity index (χ2n) is 4.61. The van der Waals surface area contributed by atoms with Crippen LogP contribution in [0.4, 0.5) is 0 Å².